The summed E-state index contributed by atoms with van der Waals surface area (Å²) in [7, 11) is 0. The van der Waals surface area contributed by atoms with Crippen LogP contribution < -0.4 is 10.6 Å². The minimum atomic E-state index is -0.171. The van der Waals surface area contributed by atoms with E-state index in [0.717, 1.165) is 30.0 Å². The highest BCUT2D eigenvalue weighted by molar-refractivity contribution is 5.93. The maximum absolute atomic E-state index is 11.6. The SMILES string of the molecule is Cc1c(CCNC2(C3CCNC3)CCC2)ccc2c1COC2=O. The van der Waals surface area contributed by atoms with Gasteiger partial charge in [0, 0.05) is 11.1 Å². The molecule has 1 aromatic rings. The molecular formula is C19H26N2O2. The van der Waals surface area contributed by atoms with Gasteiger partial charge in [-0.2, -0.15) is 0 Å². The van der Waals surface area contributed by atoms with E-state index in [2.05, 4.69) is 23.6 Å². The Morgan fingerprint density at radius 3 is 2.96 bits per heavy atom. The van der Waals surface area contributed by atoms with E-state index >= 15 is 0 Å². The number of nitrogens with one attached hydrogen (secondary N) is 2. The number of rotatable bonds is 5. The van der Waals surface area contributed by atoms with Crippen LogP contribution in [0.5, 0.6) is 0 Å². The molecule has 0 amide bonds. The molecule has 2 fully saturated rings. The van der Waals surface area contributed by atoms with Crippen LogP contribution in [0.25, 0.3) is 0 Å². The molecule has 2 heterocycles. The van der Waals surface area contributed by atoms with Crippen LogP contribution in [0.15, 0.2) is 12.1 Å². The fraction of sp³-hybridized carbons (Fsp3) is 0.632. The molecule has 3 aliphatic rings. The highest BCUT2D eigenvalue weighted by Gasteiger charge is 2.44. The first-order chi connectivity index (χ1) is 11.2. The molecule has 1 unspecified atom stereocenters. The number of carbonyl (C=O) groups is 1. The molecule has 23 heavy (non-hydrogen) atoms. The summed E-state index contributed by atoms with van der Waals surface area (Å²) in [5.41, 5.74) is 4.80. The Labute approximate surface area is 138 Å². The number of ether oxygens (including phenoxy) is 1. The highest BCUT2D eigenvalue weighted by atomic mass is 16.5. The predicted octanol–water partition coefficient (Wildman–Crippen LogP) is 2.33. The van der Waals surface area contributed by atoms with Crippen LogP contribution in [0.2, 0.25) is 0 Å². The van der Waals surface area contributed by atoms with Crippen molar-refractivity contribution in [1.82, 2.24) is 10.6 Å². The first kappa shape index (κ1) is 15.2. The van der Waals surface area contributed by atoms with Gasteiger partial charge in [-0.05, 0) is 81.8 Å². The monoisotopic (exact) mass is 314 g/mol. The van der Waals surface area contributed by atoms with Crippen molar-refractivity contribution in [3.8, 4) is 0 Å². The first-order valence-corrected chi connectivity index (χ1v) is 8.94. The Bertz CT molecular complexity index is 616. The number of cyclic esters (lactones) is 1. The van der Waals surface area contributed by atoms with Crippen molar-refractivity contribution < 1.29 is 9.53 Å². The summed E-state index contributed by atoms with van der Waals surface area (Å²) in [5.74, 6) is 0.623. The van der Waals surface area contributed by atoms with Crippen LogP contribution in [0.3, 0.4) is 0 Å². The number of hydrogen-bond donors (Lipinski definition) is 2. The van der Waals surface area contributed by atoms with Crippen molar-refractivity contribution in [1.29, 1.82) is 0 Å². The van der Waals surface area contributed by atoms with E-state index in [1.54, 1.807) is 0 Å². The van der Waals surface area contributed by atoms with Crippen molar-refractivity contribution in [3.05, 3.63) is 34.4 Å². The maximum Gasteiger partial charge on any atom is 0.338 e. The van der Waals surface area contributed by atoms with Gasteiger partial charge in [-0.3, -0.25) is 0 Å². The zero-order chi connectivity index (χ0) is 15.9. The lowest BCUT2D eigenvalue weighted by atomic mass is 9.67. The van der Waals surface area contributed by atoms with Crippen molar-refractivity contribution in [2.75, 3.05) is 19.6 Å². The predicted molar refractivity (Wildman–Crippen MR) is 89.6 cm³/mol. The highest BCUT2D eigenvalue weighted by Crippen LogP contribution is 2.41. The second-order valence-electron chi connectivity index (χ2n) is 7.33. The lowest BCUT2D eigenvalue weighted by Crippen LogP contribution is -2.57. The summed E-state index contributed by atoms with van der Waals surface area (Å²) in [6.07, 6.45) is 6.34. The molecule has 1 atom stereocenters. The molecule has 124 valence electrons. The van der Waals surface area contributed by atoms with Crippen LogP contribution in [0.1, 0.15) is 52.7 Å². The number of hydrogen-bond acceptors (Lipinski definition) is 4. The van der Waals surface area contributed by atoms with Gasteiger partial charge >= 0.3 is 5.97 Å². The number of carbonyl (C=O) groups excluding carboxylic acids is 1. The normalized spacial score (nSPS) is 25.1. The van der Waals surface area contributed by atoms with Crippen molar-refractivity contribution >= 4 is 5.97 Å². The summed E-state index contributed by atoms with van der Waals surface area (Å²) >= 11 is 0. The lowest BCUT2D eigenvalue weighted by molar-refractivity contribution is 0.0535. The Balaban J connectivity index is 1.41. The summed E-state index contributed by atoms with van der Waals surface area (Å²) in [4.78, 5) is 11.6. The van der Waals surface area contributed by atoms with Crippen molar-refractivity contribution in [2.24, 2.45) is 5.92 Å². The molecule has 4 rings (SSSR count). The number of benzene rings is 1. The summed E-state index contributed by atoms with van der Waals surface area (Å²) in [5, 5.41) is 7.40. The van der Waals surface area contributed by atoms with Crippen LogP contribution >= 0.6 is 0 Å². The molecule has 0 bridgehead atoms. The second-order valence-corrected chi connectivity index (χ2v) is 7.33. The van der Waals surface area contributed by atoms with Crippen LogP contribution in [-0.2, 0) is 17.8 Å². The van der Waals surface area contributed by atoms with Gasteiger partial charge in [0.25, 0.3) is 0 Å². The van der Waals surface area contributed by atoms with E-state index < -0.39 is 0 Å². The zero-order valence-electron chi connectivity index (χ0n) is 13.9. The van der Waals surface area contributed by atoms with Gasteiger partial charge in [0.2, 0.25) is 0 Å². The topological polar surface area (TPSA) is 50.4 Å². The van der Waals surface area contributed by atoms with Crippen LogP contribution in [0.4, 0.5) is 0 Å². The lowest BCUT2D eigenvalue weighted by Gasteiger charge is -2.47. The average Bonchev–Trinajstić information content (AvgIpc) is 3.15. The molecule has 4 nitrogen and oxygen atoms in total. The van der Waals surface area contributed by atoms with Gasteiger partial charge in [-0.25, -0.2) is 4.79 Å². The Morgan fingerprint density at radius 1 is 1.39 bits per heavy atom. The Morgan fingerprint density at radius 2 is 2.26 bits per heavy atom. The minimum absolute atomic E-state index is 0.171. The van der Waals surface area contributed by atoms with E-state index in [9.17, 15) is 4.79 Å². The second kappa shape index (κ2) is 5.91. The number of esters is 1. The summed E-state index contributed by atoms with van der Waals surface area (Å²) < 4.78 is 5.15. The molecule has 1 aliphatic carbocycles. The minimum Gasteiger partial charge on any atom is -0.457 e. The molecular weight excluding hydrogens is 288 g/mol. The fourth-order valence-corrected chi connectivity index (χ4v) is 4.53. The van der Waals surface area contributed by atoms with E-state index in [4.69, 9.17) is 4.74 Å². The van der Waals surface area contributed by atoms with Gasteiger partial charge in [-0.15, -0.1) is 0 Å². The molecule has 2 aliphatic heterocycles. The third-order valence-corrected chi connectivity index (χ3v) is 6.24. The van der Waals surface area contributed by atoms with E-state index in [1.165, 1.54) is 49.9 Å². The van der Waals surface area contributed by atoms with Crippen molar-refractivity contribution in [3.63, 3.8) is 0 Å². The molecule has 1 aromatic carbocycles. The first-order valence-electron chi connectivity index (χ1n) is 8.94. The maximum atomic E-state index is 11.6. The molecule has 1 saturated carbocycles. The molecule has 1 saturated heterocycles. The molecule has 0 radical (unpaired) electrons. The van der Waals surface area contributed by atoms with Crippen molar-refractivity contribution in [2.45, 2.75) is 51.2 Å². The van der Waals surface area contributed by atoms with Gasteiger partial charge in [0.1, 0.15) is 6.61 Å². The average molecular weight is 314 g/mol. The van der Waals surface area contributed by atoms with Crippen LogP contribution in [0, 0.1) is 12.8 Å². The summed E-state index contributed by atoms with van der Waals surface area (Å²) in [6.45, 7) is 5.93. The molecule has 2 N–H and O–H groups in total. The Hall–Kier alpha value is -1.39. The third kappa shape index (κ3) is 2.58. The third-order valence-electron chi connectivity index (χ3n) is 6.24. The smallest absolute Gasteiger partial charge is 0.338 e. The largest absolute Gasteiger partial charge is 0.457 e. The van der Waals surface area contributed by atoms with Gasteiger partial charge in [0.15, 0.2) is 0 Å². The molecule has 0 aromatic heterocycles. The van der Waals surface area contributed by atoms with E-state index in [-0.39, 0.29) is 5.97 Å². The molecule has 4 heteroatoms. The Kier molecular flexibility index (Phi) is 3.90. The zero-order valence-corrected chi connectivity index (χ0v) is 13.9. The van der Waals surface area contributed by atoms with Gasteiger partial charge < -0.3 is 15.4 Å². The van der Waals surface area contributed by atoms with Gasteiger partial charge in [-0.1, -0.05) is 6.07 Å². The summed E-state index contributed by atoms with van der Waals surface area (Å²) in [6, 6.07) is 4.04. The van der Waals surface area contributed by atoms with E-state index in [0.29, 0.717) is 12.1 Å². The quantitative estimate of drug-likeness (QED) is 0.819. The molecule has 0 spiro atoms. The van der Waals surface area contributed by atoms with Crippen LogP contribution in [-0.4, -0.2) is 31.1 Å². The fourth-order valence-electron chi connectivity index (χ4n) is 4.53. The van der Waals surface area contributed by atoms with E-state index in [1.807, 2.05) is 6.07 Å². The number of fused-ring (bicyclic) bond motifs is 1. The standard InChI is InChI=1S/C19H26N2O2/c1-13-14(3-4-16-17(13)12-23-18(16)22)5-10-21-19(7-2-8-19)15-6-9-20-11-15/h3-4,15,20-21H,2,5-12H2,1H3. The van der Waals surface area contributed by atoms with Gasteiger partial charge in [0.05, 0.1) is 5.56 Å².